The van der Waals surface area contributed by atoms with Crippen molar-refractivity contribution in [1.82, 2.24) is 0 Å². The van der Waals surface area contributed by atoms with Crippen LogP contribution in [0.5, 0.6) is 0 Å². The van der Waals surface area contributed by atoms with Crippen LogP contribution in [-0.2, 0) is 4.79 Å². The molecule has 0 aliphatic heterocycles. The number of nitrogens with one attached hydrogen (secondary N) is 1. The number of rotatable bonds is 5. The number of nitrogens with two attached hydrogens (primary N) is 1. The molecule has 0 spiro atoms. The first-order valence-corrected chi connectivity index (χ1v) is 8.35. The highest BCUT2D eigenvalue weighted by molar-refractivity contribution is 9.10. The number of hydrogen-bond acceptors (Lipinski definition) is 3. The Hall–Kier alpha value is -1.46. The molecule has 2 aromatic carbocycles. The van der Waals surface area contributed by atoms with E-state index in [1.807, 2.05) is 55.5 Å². The van der Waals surface area contributed by atoms with Crippen molar-refractivity contribution in [3.63, 3.8) is 0 Å². The molecule has 3 nitrogen and oxygen atoms in total. The summed E-state index contributed by atoms with van der Waals surface area (Å²) in [6.07, 6.45) is 0.746. The number of anilines is 2. The van der Waals surface area contributed by atoms with Gasteiger partial charge < -0.3 is 11.1 Å². The van der Waals surface area contributed by atoms with Gasteiger partial charge in [0.25, 0.3) is 0 Å². The highest BCUT2D eigenvalue weighted by Crippen LogP contribution is 2.29. The van der Waals surface area contributed by atoms with Crippen LogP contribution in [0.2, 0.25) is 0 Å². The summed E-state index contributed by atoms with van der Waals surface area (Å²) in [4.78, 5) is 13.4. The predicted octanol–water partition coefficient (Wildman–Crippen LogP) is 4.54. The Kier molecular flexibility index (Phi) is 5.70. The molecule has 21 heavy (non-hydrogen) atoms. The number of para-hydroxylation sites is 1. The molecule has 1 amide bonds. The van der Waals surface area contributed by atoms with Crippen LogP contribution in [-0.4, -0.2) is 11.2 Å². The number of carbonyl (C=O) groups is 1. The molecule has 2 aromatic rings. The van der Waals surface area contributed by atoms with Crippen LogP contribution in [0.25, 0.3) is 0 Å². The second kappa shape index (κ2) is 7.52. The standard InChI is InChI=1S/C16H17BrN2OS/c1-2-15(21-12-7-5-6-11(18)10-12)16(20)19-14-9-4-3-8-13(14)17/h3-10,15H,2,18H2,1H3,(H,19,20). The third-order valence-electron chi connectivity index (χ3n) is 2.93. The van der Waals surface area contributed by atoms with Gasteiger partial charge in [0.2, 0.25) is 5.91 Å². The van der Waals surface area contributed by atoms with Crippen LogP contribution in [0.3, 0.4) is 0 Å². The number of amides is 1. The largest absolute Gasteiger partial charge is 0.399 e. The van der Waals surface area contributed by atoms with E-state index in [4.69, 9.17) is 5.73 Å². The van der Waals surface area contributed by atoms with Gasteiger partial charge in [-0.05, 0) is 52.7 Å². The summed E-state index contributed by atoms with van der Waals surface area (Å²) in [5.74, 6) is -0.00294. The quantitative estimate of drug-likeness (QED) is 0.604. The topological polar surface area (TPSA) is 55.1 Å². The van der Waals surface area contributed by atoms with Gasteiger partial charge in [-0.15, -0.1) is 11.8 Å². The third-order valence-corrected chi connectivity index (χ3v) is 4.98. The number of nitrogen functional groups attached to an aromatic ring is 1. The minimum Gasteiger partial charge on any atom is -0.399 e. The maximum atomic E-state index is 12.4. The smallest absolute Gasteiger partial charge is 0.237 e. The maximum Gasteiger partial charge on any atom is 0.237 e. The van der Waals surface area contributed by atoms with Crippen LogP contribution in [0, 0.1) is 0 Å². The van der Waals surface area contributed by atoms with Gasteiger partial charge in [0.05, 0.1) is 10.9 Å². The van der Waals surface area contributed by atoms with E-state index in [-0.39, 0.29) is 11.2 Å². The molecule has 1 unspecified atom stereocenters. The van der Waals surface area contributed by atoms with E-state index in [0.29, 0.717) is 5.69 Å². The monoisotopic (exact) mass is 364 g/mol. The van der Waals surface area contributed by atoms with E-state index in [2.05, 4.69) is 21.2 Å². The highest BCUT2D eigenvalue weighted by Gasteiger charge is 2.18. The molecular weight excluding hydrogens is 348 g/mol. The number of thioether (sulfide) groups is 1. The first-order valence-electron chi connectivity index (χ1n) is 6.67. The van der Waals surface area contributed by atoms with Crippen molar-refractivity contribution in [2.24, 2.45) is 0 Å². The lowest BCUT2D eigenvalue weighted by molar-refractivity contribution is -0.115. The van der Waals surface area contributed by atoms with Crippen LogP contribution in [0.15, 0.2) is 57.9 Å². The van der Waals surface area contributed by atoms with Crippen molar-refractivity contribution in [2.45, 2.75) is 23.5 Å². The normalized spacial score (nSPS) is 11.9. The summed E-state index contributed by atoms with van der Waals surface area (Å²) in [5.41, 5.74) is 7.27. The molecule has 0 aliphatic carbocycles. The van der Waals surface area contributed by atoms with Gasteiger partial charge in [-0.3, -0.25) is 4.79 Å². The molecule has 110 valence electrons. The zero-order valence-electron chi connectivity index (χ0n) is 11.7. The number of hydrogen-bond donors (Lipinski definition) is 2. The van der Waals surface area contributed by atoms with E-state index < -0.39 is 0 Å². The summed E-state index contributed by atoms with van der Waals surface area (Å²) in [5, 5.41) is 2.80. The van der Waals surface area contributed by atoms with Gasteiger partial charge in [-0.25, -0.2) is 0 Å². The van der Waals surface area contributed by atoms with Gasteiger partial charge in [0.1, 0.15) is 0 Å². The molecule has 0 saturated heterocycles. The fourth-order valence-corrected chi connectivity index (χ4v) is 3.26. The number of carbonyl (C=O) groups excluding carboxylic acids is 1. The Labute approximate surface area is 137 Å². The molecule has 3 N–H and O–H groups in total. The van der Waals surface area contributed by atoms with E-state index in [9.17, 15) is 4.79 Å². The maximum absolute atomic E-state index is 12.4. The number of halogens is 1. The lowest BCUT2D eigenvalue weighted by atomic mass is 10.3. The van der Waals surface area contributed by atoms with Crippen molar-refractivity contribution >= 4 is 45.0 Å². The van der Waals surface area contributed by atoms with E-state index in [1.54, 1.807) is 0 Å². The Bertz CT molecular complexity index is 633. The Balaban J connectivity index is 2.07. The first-order chi connectivity index (χ1) is 10.1. The Morgan fingerprint density at radius 3 is 2.71 bits per heavy atom. The van der Waals surface area contributed by atoms with Crippen molar-refractivity contribution in [2.75, 3.05) is 11.1 Å². The predicted molar refractivity (Wildman–Crippen MR) is 93.6 cm³/mol. The fraction of sp³-hybridized carbons (Fsp3) is 0.188. The van der Waals surface area contributed by atoms with Crippen molar-refractivity contribution in [3.05, 3.63) is 53.0 Å². The molecule has 0 aliphatic rings. The zero-order chi connectivity index (χ0) is 15.2. The molecule has 1 atom stereocenters. The third kappa shape index (κ3) is 4.51. The SMILES string of the molecule is CCC(Sc1cccc(N)c1)C(=O)Nc1ccccc1Br. The minimum atomic E-state index is -0.154. The van der Waals surface area contributed by atoms with Gasteiger partial charge >= 0.3 is 0 Å². The van der Waals surface area contributed by atoms with Crippen molar-refractivity contribution in [1.29, 1.82) is 0 Å². The number of benzene rings is 2. The average Bonchev–Trinajstić information content (AvgIpc) is 2.47. The molecule has 0 heterocycles. The molecule has 0 radical (unpaired) electrons. The van der Waals surface area contributed by atoms with E-state index in [1.165, 1.54) is 11.8 Å². The zero-order valence-corrected chi connectivity index (χ0v) is 14.1. The van der Waals surface area contributed by atoms with Gasteiger partial charge in [0, 0.05) is 15.1 Å². The van der Waals surface area contributed by atoms with E-state index >= 15 is 0 Å². The summed E-state index contributed by atoms with van der Waals surface area (Å²) < 4.78 is 0.877. The van der Waals surface area contributed by atoms with Gasteiger partial charge in [-0.1, -0.05) is 25.1 Å². The van der Waals surface area contributed by atoms with Crippen LogP contribution >= 0.6 is 27.7 Å². The lowest BCUT2D eigenvalue weighted by Gasteiger charge is -2.15. The summed E-state index contributed by atoms with van der Waals surface area (Å²) >= 11 is 4.96. The van der Waals surface area contributed by atoms with Crippen molar-refractivity contribution < 1.29 is 4.79 Å². The molecular formula is C16H17BrN2OS. The molecule has 0 fully saturated rings. The first kappa shape index (κ1) is 15.9. The van der Waals surface area contributed by atoms with Crippen molar-refractivity contribution in [3.8, 4) is 0 Å². The summed E-state index contributed by atoms with van der Waals surface area (Å²) in [6, 6.07) is 15.2. The Morgan fingerprint density at radius 1 is 1.29 bits per heavy atom. The fourth-order valence-electron chi connectivity index (χ4n) is 1.85. The summed E-state index contributed by atoms with van der Waals surface area (Å²) in [6.45, 7) is 2.00. The van der Waals surface area contributed by atoms with Gasteiger partial charge in [-0.2, -0.15) is 0 Å². The van der Waals surface area contributed by atoms with Crippen LogP contribution in [0.1, 0.15) is 13.3 Å². The summed E-state index contributed by atoms with van der Waals surface area (Å²) in [7, 11) is 0. The van der Waals surface area contributed by atoms with Crippen LogP contribution < -0.4 is 11.1 Å². The molecule has 0 bridgehead atoms. The molecule has 0 saturated carbocycles. The van der Waals surface area contributed by atoms with Crippen LogP contribution in [0.4, 0.5) is 11.4 Å². The van der Waals surface area contributed by atoms with Gasteiger partial charge in [0.15, 0.2) is 0 Å². The highest BCUT2D eigenvalue weighted by atomic mass is 79.9. The molecule has 5 heteroatoms. The van der Waals surface area contributed by atoms with E-state index in [0.717, 1.165) is 21.5 Å². The lowest BCUT2D eigenvalue weighted by Crippen LogP contribution is -2.24. The Morgan fingerprint density at radius 2 is 2.05 bits per heavy atom. The second-order valence-electron chi connectivity index (χ2n) is 4.56. The molecule has 0 aromatic heterocycles. The second-order valence-corrected chi connectivity index (χ2v) is 6.69. The minimum absolute atomic E-state index is 0.00294. The molecule has 2 rings (SSSR count). The average molecular weight is 365 g/mol.